The first-order valence-electron chi connectivity index (χ1n) is 6.00. The van der Waals surface area contributed by atoms with Gasteiger partial charge >= 0.3 is 12.1 Å². The number of amides is 1. The minimum atomic E-state index is -0.544. The van der Waals surface area contributed by atoms with Gasteiger partial charge in [0.05, 0.1) is 6.42 Å². The summed E-state index contributed by atoms with van der Waals surface area (Å²) in [4.78, 5) is 24.8. The lowest BCUT2D eigenvalue weighted by atomic mass is 10.2. The van der Waals surface area contributed by atoms with Gasteiger partial charge in [-0.05, 0) is 5.56 Å². The average Bonchev–Trinajstić information content (AvgIpc) is 2.40. The highest BCUT2D eigenvalue weighted by Crippen LogP contribution is 2.03. The molecule has 0 bridgehead atoms. The van der Waals surface area contributed by atoms with Gasteiger partial charge in [0, 0.05) is 26.2 Å². The first kappa shape index (κ1) is 12.6. The fourth-order valence-corrected chi connectivity index (χ4v) is 1.81. The number of rotatable bonds is 2. The molecule has 96 valence electrons. The Morgan fingerprint density at radius 2 is 1.83 bits per heavy atom. The third kappa shape index (κ3) is 3.56. The molecular weight excluding hydrogens is 232 g/mol. The van der Waals surface area contributed by atoms with E-state index in [-0.39, 0.29) is 6.42 Å². The molecule has 1 heterocycles. The molecule has 5 nitrogen and oxygen atoms in total. The standard InChI is InChI=1S/C13H16N2O3/c16-12(10-11-4-2-1-3-5-11)18-13(17)15-8-6-14-7-9-15/h1-5,14H,6-10H2. The molecule has 1 aliphatic rings. The minimum Gasteiger partial charge on any atom is -0.376 e. The number of hydrogen-bond acceptors (Lipinski definition) is 4. The van der Waals surface area contributed by atoms with E-state index in [4.69, 9.17) is 4.74 Å². The van der Waals surface area contributed by atoms with Gasteiger partial charge in [0.25, 0.3) is 0 Å². The monoisotopic (exact) mass is 248 g/mol. The van der Waals surface area contributed by atoms with Gasteiger partial charge in [-0.2, -0.15) is 0 Å². The Kier molecular flexibility index (Phi) is 4.30. The van der Waals surface area contributed by atoms with Crippen LogP contribution in [0, 0.1) is 0 Å². The van der Waals surface area contributed by atoms with Crippen molar-refractivity contribution in [2.24, 2.45) is 0 Å². The van der Waals surface area contributed by atoms with Gasteiger partial charge in [-0.3, -0.25) is 4.79 Å². The maximum atomic E-state index is 11.7. The third-order valence-electron chi connectivity index (χ3n) is 2.77. The SMILES string of the molecule is O=C(Cc1ccccc1)OC(=O)N1CCNCC1. The molecule has 0 atom stereocenters. The Morgan fingerprint density at radius 3 is 2.50 bits per heavy atom. The number of ether oxygens (including phenoxy) is 1. The highest BCUT2D eigenvalue weighted by atomic mass is 16.6. The van der Waals surface area contributed by atoms with E-state index in [1.807, 2.05) is 30.3 Å². The number of esters is 1. The summed E-state index contributed by atoms with van der Waals surface area (Å²) in [6.07, 6.45) is -0.420. The summed E-state index contributed by atoms with van der Waals surface area (Å²) in [6, 6.07) is 9.23. The van der Waals surface area contributed by atoms with Crippen molar-refractivity contribution in [2.45, 2.75) is 6.42 Å². The minimum absolute atomic E-state index is 0.124. The van der Waals surface area contributed by atoms with Crippen LogP contribution in [0.15, 0.2) is 30.3 Å². The predicted molar refractivity (Wildman–Crippen MR) is 66.1 cm³/mol. The Balaban J connectivity index is 1.82. The van der Waals surface area contributed by atoms with Gasteiger partial charge in [0.15, 0.2) is 0 Å². The molecular formula is C13H16N2O3. The van der Waals surface area contributed by atoms with Crippen molar-refractivity contribution in [2.75, 3.05) is 26.2 Å². The van der Waals surface area contributed by atoms with Crippen LogP contribution in [-0.4, -0.2) is 43.1 Å². The summed E-state index contributed by atoms with van der Waals surface area (Å²) in [7, 11) is 0. The highest BCUT2D eigenvalue weighted by Gasteiger charge is 2.20. The van der Waals surface area contributed by atoms with E-state index < -0.39 is 12.1 Å². The van der Waals surface area contributed by atoms with E-state index in [0.717, 1.165) is 18.7 Å². The Hall–Kier alpha value is -1.88. The van der Waals surface area contributed by atoms with Crippen molar-refractivity contribution in [3.8, 4) is 0 Å². The molecule has 0 radical (unpaired) electrons. The zero-order valence-corrected chi connectivity index (χ0v) is 10.1. The average molecular weight is 248 g/mol. The molecule has 1 amide bonds. The van der Waals surface area contributed by atoms with Gasteiger partial charge in [-0.15, -0.1) is 0 Å². The van der Waals surface area contributed by atoms with Crippen molar-refractivity contribution in [3.63, 3.8) is 0 Å². The molecule has 0 spiro atoms. The van der Waals surface area contributed by atoms with E-state index in [9.17, 15) is 9.59 Å². The number of nitrogens with one attached hydrogen (secondary N) is 1. The van der Waals surface area contributed by atoms with Gasteiger partial charge < -0.3 is 15.0 Å². The molecule has 1 saturated heterocycles. The van der Waals surface area contributed by atoms with Crippen LogP contribution in [0.25, 0.3) is 0 Å². The molecule has 1 aliphatic heterocycles. The van der Waals surface area contributed by atoms with Crippen LogP contribution in [0.3, 0.4) is 0 Å². The van der Waals surface area contributed by atoms with Crippen LogP contribution in [0.2, 0.25) is 0 Å². The summed E-state index contributed by atoms with van der Waals surface area (Å²) < 4.78 is 4.81. The fraction of sp³-hybridized carbons (Fsp3) is 0.385. The lowest BCUT2D eigenvalue weighted by Gasteiger charge is -2.25. The molecule has 1 N–H and O–H groups in total. The van der Waals surface area contributed by atoms with E-state index in [0.29, 0.717) is 13.1 Å². The molecule has 0 saturated carbocycles. The summed E-state index contributed by atoms with van der Waals surface area (Å²) in [5, 5.41) is 3.13. The third-order valence-corrected chi connectivity index (χ3v) is 2.77. The van der Waals surface area contributed by atoms with Crippen molar-refractivity contribution in [3.05, 3.63) is 35.9 Å². The fourth-order valence-electron chi connectivity index (χ4n) is 1.81. The topological polar surface area (TPSA) is 58.6 Å². The lowest BCUT2D eigenvalue weighted by Crippen LogP contribution is -2.47. The summed E-state index contributed by atoms with van der Waals surface area (Å²) in [5.74, 6) is -0.510. The quantitative estimate of drug-likeness (QED) is 0.621. The second-order valence-electron chi connectivity index (χ2n) is 4.14. The molecule has 0 aliphatic carbocycles. The zero-order valence-electron chi connectivity index (χ0n) is 10.1. The second kappa shape index (κ2) is 6.16. The van der Waals surface area contributed by atoms with E-state index >= 15 is 0 Å². The van der Waals surface area contributed by atoms with Crippen LogP contribution in [0.1, 0.15) is 5.56 Å². The lowest BCUT2D eigenvalue weighted by molar-refractivity contribution is -0.137. The highest BCUT2D eigenvalue weighted by molar-refractivity contribution is 5.85. The zero-order chi connectivity index (χ0) is 12.8. The summed E-state index contributed by atoms with van der Waals surface area (Å²) in [5.41, 5.74) is 0.843. The molecule has 2 rings (SSSR count). The Morgan fingerprint density at radius 1 is 1.17 bits per heavy atom. The molecule has 5 heteroatoms. The van der Waals surface area contributed by atoms with E-state index in [2.05, 4.69) is 5.32 Å². The van der Waals surface area contributed by atoms with Crippen molar-refractivity contribution >= 4 is 12.1 Å². The van der Waals surface area contributed by atoms with Crippen LogP contribution >= 0.6 is 0 Å². The van der Waals surface area contributed by atoms with E-state index in [1.165, 1.54) is 0 Å². The normalized spacial score (nSPS) is 15.2. The first-order valence-corrected chi connectivity index (χ1v) is 6.00. The van der Waals surface area contributed by atoms with Gasteiger partial charge in [0.2, 0.25) is 0 Å². The van der Waals surface area contributed by atoms with Gasteiger partial charge in [-0.25, -0.2) is 4.79 Å². The summed E-state index contributed by atoms with van der Waals surface area (Å²) >= 11 is 0. The number of carbonyl (C=O) groups excluding carboxylic acids is 2. The molecule has 0 unspecified atom stereocenters. The summed E-state index contributed by atoms with van der Waals surface area (Å²) in [6.45, 7) is 2.64. The maximum Gasteiger partial charge on any atom is 0.417 e. The number of piperazine rings is 1. The maximum absolute atomic E-state index is 11.7. The van der Waals surface area contributed by atoms with Crippen LogP contribution in [-0.2, 0) is 16.0 Å². The molecule has 1 aromatic carbocycles. The number of benzene rings is 1. The molecule has 0 aromatic heterocycles. The molecule has 1 fully saturated rings. The van der Waals surface area contributed by atoms with Crippen LogP contribution < -0.4 is 5.32 Å². The van der Waals surface area contributed by atoms with Gasteiger partial charge in [-0.1, -0.05) is 30.3 Å². The largest absolute Gasteiger partial charge is 0.417 e. The van der Waals surface area contributed by atoms with E-state index in [1.54, 1.807) is 4.90 Å². The number of carbonyl (C=O) groups is 2. The number of nitrogens with zero attached hydrogens (tertiary/aromatic N) is 1. The van der Waals surface area contributed by atoms with Crippen LogP contribution in [0.4, 0.5) is 4.79 Å². The van der Waals surface area contributed by atoms with Crippen molar-refractivity contribution in [1.82, 2.24) is 10.2 Å². The Labute approximate surface area is 106 Å². The number of hydrogen-bond donors (Lipinski definition) is 1. The second-order valence-corrected chi connectivity index (χ2v) is 4.14. The Bertz CT molecular complexity index is 414. The first-order chi connectivity index (χ1) is 8.75. The van der Waals surface area contributed by atoms with Crippen LogP contribution in [0.5, 0.6) is 0 Å². The van der Waals surface area contributed by atoms with Gasteiger partial charge in [0.1, 0.15) is 0 Å². The smallest absolute Gasteiger partial charge is 0.376 e. The van der Waals surface area contributed by atoms with Crippen molar-refractivity contribution < 1.29 is 14.3 Å². The molecule has 18 heavy (non-hydrogen) atoms. The molecule has 1 aromatic rings. The predicted octanol–water partition coefficient (Wildman–Crippen LogP) is 0.797. The van der Waals surface area contributed by atoms with Crippen molar-refractivity contribution in [1.29, 1.82) is 0 Å².